The molecule has 0 aromatic heterocycles. The molecule has 8 heteroatoms. The summed E-state index contributed by atoms with van der Waals surface area (Å²) in [4.78, 5) is 24.7. The van der Waals surface area contributed by atoms with Gasteiger partial charge < -0.3 is 16.0 Å². The molecule has 0 radical (unpaired) electrons. The van der Waals surface area contributed by atoms with Crippen LogP contribution in [-0.4, -0.2) is 32.5 Å². The van der Waals surface area contributed by atoms with Gasteiger partial charge in [-0.05, 0) is 59.4 Å². The number of nitro groups is 1. The smallest absolute Gasteiger partial charge is 0.322 e. The molecule has 0 unspecified atom stereocenters. The first-order valence-electron chi connectivity index (χ1n) is 10.6. The highest BCUT2D eigenvalue weighted by Crippen LogP contribution is 2.51. The summed E-state index contributed by atoms with van der Waals surface area (Å²) in [5, 5.41) is 22.4. The molecule has 0 atom stereocenters. The van der Waals surface area contributed by atoms with Crippen LogP contribution in [0.3, 0.4) is 0 Å². The Bertz CT molecular complexity index is 842. The maximum absolute atomic E-state index is 13.0. The number of nitro benzene ring substituents is 1. The predicted octanol–water partition coefficient (Wildman–Crippen LogP) is 4.81. The van der Waals surface area contributed by atoms with Crippen molar-refractivity contribution < 1.29 is 9.68 Å². The Morgan fingerprint density at radius 2 is 1.72 bits per heavy atom. The lowest BCUT2D eigenvalue weighted by molar-refractivity contribution is -0.542. The fraction of sp³-hybridized carbons (Fsp3) is 0.714. The van der Waals surface area contributed by atoms with E-state index in [1.54, 1.807) is 12.1 Å². The molecule has 1 aliphatic carbocycles. The quantitative estimate of drug-likeness (QED) is 0.381. The fourth-order valence-electron chi connectivity index (χ4n) is 5.80. The SMILES string of the molecule is CC1(C)CC(Nc2ccc3c(c2[N+](=O)[O-])NC2(CCCCC2)[N+]3=O)CC(C)(C)N1. The number of nitrogens with zero attached hydrogens (tertiary/aromatic N) is 2. The largest absolute Gasteiger partial charge is 0.377 e. The van der Waals surface area contributed by atoms with Crippen LogP contribution in [-0.2, 0) is 0 Å². The highest BCUT2D eigenvalue weighted by molar-refractivity contribution is 5.85. The maximum Gasteiger partial charge on any atom is 0.322 e. The minimum Gasteiger partial charge on any atom is -0.377 e. The summed E-state index contributed by atoms with van der Waals surface area (Å²) in [5.74, 6) is 0. The van der Waals surface area contributed by atoms with Gasteiger partial charge in [0.05, 0.1) is 9.68 Å². The summed E-state index contributed by atoms with van der Waals surface area (Å²) in [6, 6.07) is 3.53. The van der Waals surface area contributed by atoms with E-state index in [4.69, 9.17) is 0 Å². The van der Waals surface area contributed by atoms with Gasteiger partial charge in [-0.25, -0.2) is 0 Å². The molecular weight excluding hydrogens is 370 g/mol. The van der Waals surface area contributed by atoms with Crippen molar-refractivity contribution in [3.63, 3.8) is 0 Å². The van der Waals surface area contributed by atoms with Crippen molar-refractivity contribution in [1.29, 1.82) is 0 Å². The van der Waals surface area contributed by atoms with E-state index in [2.05, 4.69) is 43.6 Å². The van der Waals surface area contributed by atoms with Crippen molar-refractivity contribution in [3.05, 3.63) is 27.2 Å². The molecule has 158 valence electrons. The zero-order chi connectivity index (χ0) is 21.0. The molecule has 1 saturated carbocycles. The summed E-state index contributed by atoms with van der Waals surface area (Å²) in [5.41, 5.74) is 0.353. The number of fused-ring (bicyclic) bond motifs is 1. The molecule has 1 spiro atoms. The minimum atomic E-state index is -0.733. The van der Waals surface area contributed by atoms with Crippen molar-refractivity contribution in [2.75, 3.05) is 10.6 Å². The van der Waals surface area contributed by atoms with Crippen molar-refractivity contribution in [1.82, 2.24) is 5.32 Å². The van der Waals surface area contributed by atoms with Crippen molar-refractivity contribution in [3.8, 4) is 0 Å². The van der Waals surface area contributed by atoms with Gasteiger partial charge in [0.1, 0.15) is 5.69 Å². The average molecular weight is 403 g/mol. The zero-order valence-corrected chi connectivity index (χ0v) is 17.8. The minimum absolute atomic E-state index is 0.0139. The first-order valence-corrected chi connectivity index (χ1v) is 10.6. The molecule has 8 nitrogen and oxygen atoms in total. The Labute approximate surface area is 171 Å². The third kappa shape index (κ3) is 3.58. The van der Waals surface area contributed by atoms with Gasteiger partial charge in [-0.1, -0.05) is 6.42 Å². The molecule has 3 N–H and O–H groups in total. The number of benzene rings is 1. The van der Waals surface area contributed by atoms with Crippen LogP contribution in [0.25, 0.3) is 0 Å². The van der Waals surface area contributed by atoms with Crippen LogP contribution in [0.4, 0.5) is 22.7 Å². The topological polar surface area (TPSA) is 99.3 Å². The molecule has 1 saturated heterocycles. The van der Waals surface area contributed by atoms with E-state index in [1.807, 2.05) is 0 Å². The van der Waals surface area contributed by atoms with Crippen LogP contribution in [0.15, 0.2) is 12.1 Å². The lowest BCUT2D eigenvalue weighted by Gasteiger charge is -2.46. The van der Waals surface area contributed by atoms with Gasteiger partial charge in [-0.3, -0.25) is 10.1 Å². The second-order valence-corrected chi connectivity index (χ2v) is 10.3. The number of hydrogen-bond donors (Lipinski definition) is 3. The first kappa shape index (κ1) is 20.1. The highest BCUT2D eigenvalue weighted by atomic mass is 16.6. The van der Waals surface area contributed by atoms with E-state index >= 15 is 0 Å². The molecule has 29 heavy (non-hydrogen) atoms. The van der Waals surface area contributed by atoms with Crippen LogP contribution >= 0.6 is 0 Å². The molecule has 4 rings (SSSR count). The molecule has 1 aromatic carbocycles. The molecule has 1 aromatic rings. The number of hydrogen-bond acceptors (Lipinski definition) is 6. The number of piperidine rings is 1. The van der Waals surface area contributed by atoms with Gasteiger partial charge in [0.2, 0.25) is 0 Å². The molecule has 0 amide bonds. The number of rotatable bonds is 3. The van der Waals surface area contributed by atoms with Gasteiger partial charge in [0, 0.05) is 40.9 Å². The van der Waals surface area contributed by atoms with E-state index in [9.17, 15) is 15.0 Å². The summed E-state index contributed by atoms with van der Waals surface area (Å²) < 4.78 is 0.981. The van der Waals surface area contributed by atoms with Crippen molar-refractivity contribution in [2.24, 2.45) is 0 Å². The molecule has 2 fully saturated rings. The van der Waals surface area contributed by atoms with Gasteiger partial charge in [-0.2, -0.15) is 0 Å². The number of nitroso groups, excluding NO2 is 1. The lowest BCUT2D eigenvalue weighted by Crippen LogP contribution is -2.60. The number of anilines is 2. The van der Waals surface area contributed by atoms with Crippen LogP contribution in [0.5, 0.6) is 0 Å². The summed E-state index contributed by atoms with van der Waals surface area (Å²) >= 11 is 0. The fourth-order valence-corrected chi connectivity index (χ4v) is 5.80. The van der Waals surface area contributed by atoms with E-state index in [0.717, 1.165) is 36.9 Å². The normalized spacial score (nSPS) is 24.8. The van der Waals surface area contributed by atoms with E-state index < -0.39 is 5.66 Å². The molecular formula is C21H32N5O3+. The molecule has 2 aliphatic heterocycles. The van der Waals surface area contributed by atoms with Crippen molar-refractivity contribution in [2.45, 2.75) is 95.4 Å². The summed E-state index contributed by atoms with van der Waals surface area (Å²) in [6.45, 7) is 8.62. The van der Waals surface area contributed by atoms with Crippen LogP contribution < -0.4 is 16.0 Å². The molecule has 3 aliphatic rings. The average Bonchev–Trinajstić information content (AvgIpc) is 2.84. The second kappa shape index (κ2) is 6.65. The van der Waals surface area contributed by atoms with E-state index in [-0.39, 0.29) is 27.7 Å². The lowest BCUT2D eigenvalue weighted by atomic mass is 9.79. The van der Waals surface area contributed by atoms with Gasteiger partial charge in [0.25, 0.3) is 11.4 Å². The Morgan fingerprint density at radius 1 is 1.10 bits per heavy atom. The molecule has 2 heterocycles. The predicted molar refractivity (Wildman–Crippen MR) is 114 cm³/mol. The summed E-state index contributed by atoms with van der Waals surface area (Å²) in [6.07, 6.45) is 6.15. The Morgan fingerprint density at radius 3 is 2.31 bits per heavy atom. The Hall–Kier alpha value is -2.22. The third-order valence-corrected chi connectivity index (χ3v) is 6.53. The third-order valence-electron chi connectivity index (χ3n) is 6.53. The number of nitrogens with one attached hydrogen (secondary N) is 3. The standard InChI is InChI=1S/C21H32N5O3/c1-19(2)12-14(13-20(3,4)24-19)22-15-8-9-16-17(18(15)26(28)29)23-21(25(16)27)10-6-5-7-11-21/h8-9,14,22-24H,5-7,10-13H2,1-4H3/q+1. The van der Waals surface area contributed by atoms with Crippen LogP contribution in [0, 0.1) is 15.0 Å². The highest BCUT2D eigenvalue weighted by Gasteiger charge is 2.56. The van der Waals surface area contributed by atoms with Crippen molar-refractivity contribution >= 4 is 22.7 Å². The van der Waals surface area contributed by atoms with Gasteiger partial charge in [-0.15, -0.1) is 0 Å². The van der Waals surface area contributed by atoms with Gasteiger partial charge in [0.15, 0.2) is 5.69 Å². The van der Waals surface area contributed by atoms with Crippen LogP contribution in [0.1, 0.15) is 72.6 Å². The monoisotopic (exact) mass is 402 g/mol. The first-order chi connectivity index (χ1) is 13.5. The van der Waals surface area contributed by atoms with E-state index in [1.165, 1.54) is 0 Å². The Kier molecular flexibility index (Phi) is 4.60. The second-order valence-electron chi connectivity index (χ2n) is 10.3. The van der Waals surface area contributed by atoms with Gasteiger partial charge >= 0.3 is 5.69 Å². The van der Waals surface area contributed by atoms with E-state index in [0.29, 0.717) is 29.9 Å². The molecule has 0 bridgehead atoms. The summed E-state index contributed by atoms with van der Waals surface area (Å²) in [7, 11) is 0. The zero-order valence-electron chi connectivity index (χ0n) is 17.8. The Balaban J connectivity index is 1.68. The van der Waals surface area contributed by atoms with Crippen LogP contribution in [0.2, 0.25) is 0 Å². The maximum atomic E-state index is 13.0.